The molecule has 0 aromatic carbocycles. The van der Waals surface area contributed by atoms with Crippen LogP contribution in [0.3, 0.4) is 0 Å². The molecule has 0 heterocycles. The molecular weight excluding hydrogens is 122 g/mol. The maximum Gasteiger partial charge on any atom is 0.00387 e. The third kappa shape index (κ3) is 5.83. The fraction of sp³-hybridized carbons (Fsp3) is 0.778. The molecule has 10 heavy (non-hydrogen) atoms. The summed E-state index contributed by atoms with van der Waals surface area (Å²) in [5.41, 5.74) is 0. The lowest BCUT2D eigenvalue weighted by Crippen LogP contribution is -2.25. The molecule has 0 aliphatic carbocycles. The van der Waals surface area contributed by atoms with Crippen LogP contribution in [-0.4, -0.2) is 12.6 Å². The van der Waals surface area contributed by atoms with Crippen LogP contribution in [0.2, 0.25) is 0 Å². The maximum absolute atomic E-state index is 3.68. The molecule has 0 rings (SSSR count). The Kier molecular flexibility index (Phi) is 6.61. The Hall–Kier alpha value is -0.300. The molecule has 1 atom stereocenters. The lowest BCUT2D eigenvalue weighted by atomic mass is 10.1. The molecule has 0 saturated carbocycles. The zero-order valence-corrected chi connectivity index (χ0v) is 7.19. The van der Waals surface area contributed by atoms with Crippen molar-refractivity contribution >= 4 is 0 Å². The number of hydrogen-bond acceptors (Lipinski definition) is 1. The monoisotopic (exact) mass is 141 g/mol. The number of nitrogens with one attached hydrogen (secondary N) is 1. The van der Waals surface area contributed by atoms with Crippen molar-refractivity contribution in [2.45, 2.75) is 39.2 Å². The van der Waals surface area contributed by atoms with Crippen LogP contribution in [0, 0.1) is 0 Å². The molecule has 0 radical (unpaired) electrons. The Morgan fingerprint density at radius 2 is 2.30 bits per heavy atom. The molecule has 1 heteroatoms. The second kappa shape index (κ2) is 6.81. The fourth-order valence-corrected chi connectivity index (χ4v) is 1.02. The largest absolute Gasteiger partial charge is 0.315 e. The van der Waals surface area contributed by atoms with E-state index < -0.39 is 0 Å². The van der Waals surface area contributed by atoms with E-state index in [2.05, 4.69) is 25.7 Å². The van der Waals surface area contributed by atoms with Crippen molar-refractivity contribution in [3.63, 3.8) is 0 Å². The first-order chi connectivity index (χ1) is 4.81. The number of unbranched alkanes of at least 4 members (excludes halogenated alkanes) is 1. The summed E-state index contributed by atoms with van der Waals surface area (Å²) in [5.74, 6) is 0. The lowest BCUT2D eigenvalue weighted by Gasteiger charge is -2.10. The van der Waals surface area contributed by atoms with Gasteiger partial charge in [-0.3, -0.25) is 0 Å². The van der Waals surface area contributed by atoms with Gasteiger partial charge in [0.25, 0.3) is 0 Å². The van der Waals surface area contributed by atoms with Crippen LogP contribution in [0.15, 0.2) is 12.7 Å². The van der Waals surface area contributed by atoms with E-state index in [0.29, 0.717) is 6.04 Å². The molecule has 0 aromatic rings. The van der Waals surface area contributed by atoms with Gasteiger partial charge >= 0.3 is 0 Å². The SMILES string of the molecule is C=CCCCC(C)NCC. The van der Waals surface area contributed by atoms with E-state index in [-0.39, 0.29) is 0 Å². The predicted molar refractivity (Wildman–Crippen MR) is 47.2 cm³/mol. The zero-order valence-electron chi connectivity index (χ0n) is 7.19. The summed E-state index contributed by atoms with van der Waals surface area (Å²) in [7, 11) is 0. The minimum atomic E-state index is 0.671. The van der Waals surface area contributed by atoms with Crippen LogP contribution in [0.5, 0.6) is 0 Å². The summed E-state index contributed by atoms with van der Waals surface area (Å²) in [6.07, 6.45) is 5.66. The number of hydrogen-bond donors (Lipinski definition) is 1. The predicted octanol–water partition coefficient (Wildman–Crippen LogP) is 2.34. The Balaban J connectivity index is 3.04. The molecule has 0 saturated heterocycles. The molecule has 0 bridgehead atoms. The standard InChI is InChI=1S/C9H19N/c1-4-6-7-8-9(3)10-5-2/h4,9-10H,1,5-8H2,2-3H3. The van der Waals surface area contributed by atoms with E-state index in [1.54, 1.807) is 0 Å². The summed E-state index contributed by atoms with van der Waals surface area (Å²) >= 11 is 0. The van der Waals surface area contributed by atoms with Gasteiger partial charge in [-0.1, -0.05) is 13.0 Å². The van der Waals surface area contributed by atoms with E-state index in [9.17, 15) is 0 Å². The van der Waals surface area contributed by atoms with Crippen molar-refractivity contribution in [2.24, 2.45) is 0 Å². The van der Waals surface area contributed by atoms with Gasteiger partial charge in [0.05, 0.1) is 0 Å². The third-order valence-corrected chi connectivity index (χ3v) is 1.60. The Labute approximate surface area is 64.5 Å². The molecule has 0 amide bonds. The van der Waals surface area contributed by atoms with Gasteiger partial charge in [0.2, 0.25) is 0 Å². The fourth-order valence-electron chi connectivity index (χ4n) is 1.02. The van der Waals surface area contributed by atoms with Gasteiger partial charge in [-0.2, -0.15) is 0 Å². The van der Waals surface area contributed by atoms with Gasteiger partial charge in [0.15, 0.2) is 0 Å². The highest BCUT2D eigenvalue weighted by Gasteiger charge is 1.96. The number of rotatable bonds is 6. The Morgan fingerprint density at radius 3 is 2.80 bits per heavy atom. The molecule has 0 aliphatic rings. The molecule has 0 spiro atoms. The minimum absolute atomic E-state index is 0.671. The van der Waals surface area contributed by atoms with Gasteiger partial charge in [0.1, 0.15) is 0 Å². The smallest absolute Gasteiger partial charge is 0.00387 e. The van der Waals surface area contributed by atoms with Crippen LogP contribution in [0.25, 0.3) is 0 Å². The van der Waals surface area contributed by atoms with E-state index >= 15 is 0 Å². The number of allylic oxidation sites excluding steroid dienone is 1. The van der Waals surface area contributed by atoms with E-state index in [1.165, 1.54) is 12.8 Å². The first-order valence-electron chi connectivity index (χ1n) is 4.15. The third-order valence-electron chi connectivity index (χ3n) is 1.60. The minimum Gasteiger partial charge on any atom is -0.315 e. The second-order valence-electron chi connectivity index (χ2n) is 2.68. The highest BCUT2D eigenvalue weighted by Crippen LogP contribution is 1.99. The topological polar surface area (TPSA) is 12.0 Å². The van der Waals surface area contributed by atoms with E-state index in [0.717, 1.165) is 13.0 Å². The molecule has 0 aromatic heterocycles. The van der Waals surface area contributed by atoms with Gasteiger partial charge in [0, 0.05) is 6.04 Å². The van der Waals surface area contributed by atoms with Crippen LogP contribution in [0.1, 0.15) is 33.1 Å². The molecule has 60 valence electrons. The van der Waals surface area contributed by atoms with Crippen LogP contribution in [0.4, 0.5) is 0 Å². The van der Waals surface area contributed by atoms with Gasteiger partial charge in [-0.05, 0) is 32.7 Å². The average molecular weight is 141 g/mol. The molecule has 1 unspecified atom stereocenters. The van der Waals surface area contributed by atoms with Crippen molar-refractivity contribution in [1.29, 1.82) is 0 Å². The molecule has 0 aliphatic heterocycles. The summed E-state index contributed by atoms with van der Waals surface area (Å²) < 4.78 is 0. The van der Waals surface area contributed by atoms with Crippen LogP contribution in [-0.2, 0) is 0 Å². The maximum atomic E-state index is 3.68. The lowest BCUT2D eigenvalue weighted by molar-refractivity contribution is 0.515. The molecule has 1 N–H and O–H groups in total. The zero-order chi connectivity index (χ0) is 7.82. The summed E-state index contributed by atoms with van der Waals surface area (Å²) in [6.45, 7) is 9.13. The second-order valence-corrected chi connectivity index (χ2v) is 2.68. The van der Waals surface area contributed by atoms with E-state index in [4.69, 9.17) is 0 Å². The summed E-state index contributed by atoms with van der Waals surface area (Å²) in [6, 6.07) is 0.671. The first kappa shape index (κ1) is 9.70. The highest BCUT2D eigenvalue weighted by atomic mass is 14.9. The van der Waals surface area contributed by atoms with E-state index in [1.807, 2.05) is 6.08 Å². The van der Waals surface area contributed by atoms with Crippen LogP contribution < -0.4 is 5.32 Å². The Morgan fingerprint density at radius 1 is 1.60 bits per heavy atom. The van der Waals surface area contributed by atoms with Crippen LogP contribution >= 0.6 is 0 Å². The summed E-state index contributed by atoms with van der Waals surface area (Å²) in [4.78, 5) is 0. The van der Waals surface area contributed by atoms with Gasteiger partial charge in [-0.15, -0.1) is 6.58 Å². The van der Waals surface area contributed by atoms with Crippen molar-refractivity contribution in [3.05, 3.63) is 12.7 Å². The quantitative estimate of drug-likeness (QED) is 0.442. The molecular formula is C9H19N. The molecule has 1 nitrogen and oxygen atoms in total. The average Bonchev–Trinajstić information content (AvgIpc) is 1.89. The van der Waals surface area contributed by atoms with Crippen molar-refractivity contribution in [3.8, 4) is 0 Å². The Bertz CT molecular complexity index is 78.8. The van der Waals surface area contributed by atoms with Gasteiger partial charge < -0.3 is 5.32 Å². The van der Waals surface area contributed by atoms with Crippen molar-refractivity contribution < 1.29 is 0 Å². The normalized spacial score (nSPS) is 13.0. The highest BCUT2D eigenvalue weighted by molar-refractivity contribution is 4.68. The first-order valence-corrected chi connectivity index (χ1v) is 4.15. The summed E-state index contributed by atoms with van der Waals surface area (Å²) in [5, 5.41) is 3.37. The van der Waals surface area contributed by atoms with Crippen molar-refractivity contribution in [1.82, 2.24) is 5.32 Å². The van der Waals surface area contributed by atoms with Crippen molar-refractivity contribution in [2.75, 3.05) is 6.54 Å². The van der Waals surface area contributed by atoms with Gasteiger partial charge in [-0.25, -0.2) is 0 Å². The molecule has 0 fully saturated rings.